The van der Waals surface area contributed by atoms with Crippen molar-refractivity contribution in [1.82, 2.24) is 9.78 Å². The number of aryl methyl sites for hydroxylation is 2. The smallest absolute Gasteiger partial charge is 0.341 e. The Labute approximate surface area is 98.5 Å². The van der Waals surface area contributed by atoms with Gasteiger partial charge >= 0.3 is 5.97 Å². The first kappa shape index (κ1) is 11.2. The zero-order chi connectivity index (χ0) is 12.6. The van der Waals surface area contributed by atoms with Gasteiger partial charge in [0.25, 0.3) is 0 Å². The molecule has 0 spiro atoms. The number of carbonyl (C=O) groups is 1. The van der Waals surface area contributed by atoms with Gasteiger partial charge in [0.1, 0.15) is 11.4 Å². The molecule has 0 aliphatic carbocycles. The Balaban J connectivity index is 2.66. The van der Waals surface area contributed by atoms with Gasteiger partial charge < -0.3 is 10.8 Å². The van der Waals surface area contributed by atoms with E-state index in [2.05, 4.69) is 5.10 Å². The van der Waals surface area contributed by atoms with Gasteiger partial charge in [0.05, 0.1) is 11.4 Å². The molecular weight excluding hydrogens is 218 g/mol. The monoisotopic (exact) mass is 231 g/mol. The van der Waals surface area contributed by atoms with Crippen LogP contribution in [0.2, 0.25) is 0 Å². The Kier molecular flexibility index (Phi) is 2.59. The normalized spacial score (nSPS) is 10.5. The van der Waals surface area contributed by atoms with Gasteiger partial charge in [0, 0.05) is 0 Å². The summed E-state index contributed by atoms with van der Waals surface area (Å²) >= 11 is 0. The maximum atomic E-state index is 11.0. The number of aromatic nitrogens is 2. The molecule has 88 valence electrons. The van der Waals surface area contributed by atoms with Crippen molar-refractivity contribution in [3.8, 4) is 5.69 Å². The third kappa shape index (κ3) is 1.75. The molecule has 1 aromatic carbocycles. The van der Waals surface area contributed by atoms with Crippen LogP contribution in [0.5, 0.6) is 0 Å². The molecule has 0 atom stereocenters. The maximum absolute atomic E-state index is 11.0. The summed E-state index contributed by atoms with van der Waals surface area (Å²) in [6.07, 6.45) is 0. The van der Waals surface area contributed by atoms with E-state index in [1.54, 1.807) is 6.92 Å². The molecule has 17 heavy (non-hydrogen) atoms. The van der Waals surface area contributed by atoms with Crippen molar-refractivity contribution >= 4 is 11.8 Å². The van der Waals surface area contributed by atoms with Gasteiger partial charge in [-0.05, 0) is 25.5 Å². The van der Waals surface area contributed by atoms with Gasteiger partial charge in [-0.1, -0.05) is 18.2 Å². The number of carboxylic acids is 1. The van der Waals surface area contributed by atoms with Crippen LogP contribution in [0.25, 0.3) is 5.69 Å². The number of nitrogens with two attached hydrogens (primary N) is 1. The predicted molar refractivity (Wildman–Crippen MR) is 64.4 cm³/mol. The van der Waals surface area contributed by atoms with Gasteiger partial charge in [-0.2, -0.15) is 5.10 Å². The lowest BCUT2D eigenvalue weighted by atomic mass is 10.2. The van der Waals surface area contributed by atoms with E-state index in [0.29, 0.717) is 5.69 Å². The number of aromatic carboxylic acids is 1. The highest BCUT2D eigenvalue weighted by Gasteiger charge is 2.19. The van der Waals surface area contributed by atoms with Crippen molar-refractivity contribution in [2.75, 3.05) is 5.73 Å². The van der Waals surface area contributed by atoms with Crippen LogP contribution in [0, 0.1) is 13.8 Å². The van der Waals surface area contributed by atoms with Crippen LogP contribution in [0.3, 0.4) is 0 Å². The van der Waals surface area contributed by atoms with Crippen LogP contribution in [0.4, 0.5) is 5.82 Å². The van der Waals surface area contributed by atoms with Gasteiger partial charge in [0.15, 0.2) is 0 Å². The molecule has 0 saturated carbocycles. The van der Waals surface area contributed by atoms with E-state index in [9.17, 15) is 4.79 Å². The second-order valence-corrected chi connectivity index (χ2v) is 3.85. The molecule has 0 amide bonds. The van der Waals surface area contributed by atoms with Gasteiger partial charge in [0.2, 0.25) is 0 Å². The molecule has 2 rings (SSSR count). The molecule has 0 unspecified atom stereocenters. The number of hydrogen-bond acceptors (Lipinski definition) is 3. The van der Waals surface area contributed by atoms with E-state index in [1.165, 1.54) is 4.68 Å². The first-order chi connectivity index (χ1) is 8.02. The number of nitrogen functional groups attached to an aromatic ring is 1. The minimum atomic E-state index is -1.06. The molecule has 1 aromatic heterocycles. The van der Waals surface area contributed by atoms with E-state index < -0.39 is 5.97 Å². The van der Waals surface area contributed by atoms with Crippen molar-refractivity contribution in [2.24, 2.45) is 0 Å². The minimum Gasteiger partial charge on any atom is -0.477 e. The number of anilines is 1. The Morgan fingerprint density at radius 2 is 2.00 bits per heavy atom. The minimum absolute atomic E-state index is 0.0632. The fourth-order valence-electron chi connectivity index (χ4n) is 1.79. The fourth-order valence-corrected chi connectivity index (χ4v) is 1.79. The molecule has 3 N–H and O–H groups in total. The fraction of sp³-hybridized carbons (Fsp3) is 0.167. The van der Waals surface area contributed by atoms with Gasteiger partial charge in [-0.3, -0.25) is 0 Å². The van der Waals surface area contributed by atoms with Gasteiger partial charge in [-0.15, -0.1) is 0 Å². The van der Waals surface area contributed by atoms with Crippen molar-refractivity contribution < 1.29 is 9.90 Å². The number of nitrogens with zero attached hydrogens (tertiary/aromatic N) is 2. The van der Waals surface area contributed by atoms with E-state index in [-0.39, 0.29) is 11.4 Å². The molecule has 2 aromatic rings. The summed E-state index contributed by atoms with van der Waals surface area (Å²) in [6.45, 7) is 3.56. The number of para-hydroxylation sites is 1. The predicted octanol–water partition coefficient (Wildman–Crippen LogP) is 1.77. The summed E-state index contributed by atoms with van der Waals surface area (Å²) in [7, 11) is 0. The third-order valence-electron chi connectivity index (χ3n) is 2.65. The highest BCUT2D eigenvalue weighted by Crippen LogP contribution is 2.22. The molecule has 0 aliphatic heterocycles. The Bertz CT molecular complexity index is 587. The van der Waals surface area contributed by atoms with Crippen LogP contribution in [0.1, 0.15) is 21.6 Å². The highest BCUT2D eigenvalue weighted by atomic mass is 16.4. The SMILES string of the molecule is Cc1ccccc1-n1nc(C)c(C(=O)O)c1N. The standard InChI is InChI=1S/C12H13N3O2/c1-7-5-3-4-6-9(7)15-11(13)10(12(16)17)8(2)14-15/h3-6H,13H2,1-2H3,(H,16,17). The molecule has 0 radical (unpaired) electrons. The summed E-state index contributed by atoms with van der Waals surface area (Å²) in [4.78, 5) is 11.0. The first-order valence-corrected chi connectivity index (χ1v) is 5.16. The Morgan fingerprint density at radius 3 is 2.53 bits per heavy atom. The van der Waals surface area contributed by atoms with Crippen LogP contribution in [-0.4, -0.2) is 20.9 Å². The Hall–Kier alpha value is -2.30. The number of carboxylic acid groups (broad SMARTS) is 1. The molecule has 0 saturated heterocycles. The quantitative estimate of drug-likeness (QED) is 0.825. The zero-order valence-electron chi connectivity index (χ0n) is 9.64. The summed E-state index contributed by atoms with van der Waals surface area (Å²) in [5.74, 6) is -0.899. The zero-order valence-corrected chi connectivity index (χ0v) is 9.64. The second-order valence-electron chi connectivity index (χ2n) is 3.85. The average molecular weight is 231 g/mol. The van der Waals surface area contributed by atoms with Crippen molar-refractivity contribution in [3.05, 3.63) is 41.1 Å². The average Bonchev–Trinajstić information content (AvgIpc) is 2.55. The lowest BCUT2D eigenvalue weighted by molar-refractivity contribution is 0.0697. The van der Waals surface area contributed by atoms with E-state index >= 15 is 0 Å². The number of benzene rings is 1. The molecule has 5 nitrogen and oxygen atoms in total. The summed E-state index contributed by atoms with van der Waals surface area (Å²) < 4.78 is 1.47. The van der Waals surface area contributed by atoms with Crippen molar-refractivity contribution in [2.45, 2.75) is 13.8 Å². The molecular formula is C12H13N3O2. The Morgan fingerprint density at radius 1 is 1.35 bits per heavy atom. The van der Waals surface area contributed by atoms with Crippen LogP contribution in [-0.2, 0) is 0 Å². The first-order valence-electron chi connectivity index (χ1n) is 5.16. The summed E-state index contributed by atoms with van der Waals surface area (Å²) in [6, 6.07) is 7.54. The maximum Gasteiger partial charge on any atom is 0.341 e. The van der Waals surface area contributed by atoms with Crippen LogP contribution in [0.15, 0.2) is 24.3 Å². The lowest BCUT2D eigenvalue weighted by Crippen LogP contribution is -2.06. The largest absolute Gasteiger partial charge is 0.477 e. The number of hydrogen-bond donors (Lipinski definition) is 2. The summed E-state index contributed by atoms with van der Waals surface area (Å²) in [5, 5.41) is 13.2. The highest BCUT2D eigenvalue weighted by molar-refractivity contribution is 5.94. The van der Waals surface area contributed by atoms with Crippen LogP contribution < -0.4 is 5.73 Å². The van der Waals surface area contributed by atoms with E-state index in [4.69, 9.17) is 10.8 Å². The molecule has 1 heterocycles. The molecule has 0 aliphatic rings. The lowest BCUT2D eigenvalue weighted by Gasteiger charge is -2.07. The molecule has 5 heteroatoms. The second kappa shape index (κ2) is 3.93. The topological polar surface area (TPSA) is 81.1 Å². The van der Waals surface area contributed by atoms with Crippen molar-refractivity contribution in [1.29, 1.82) is 0 Å². The van der Waals surface area contributed by atoms with E-state index in [1.807, 2.05) is 31.2 Å². The van der Waals surface area contributed by atoms with Crippen LogP contribution >= 0.6 is 0 Å². The van der Waals surface area contributed by atoms with E-state index in [0.717, 1.165) is 11.3 Å². The molecule has 0 bridgehead atoms. The summed E-state index contributed by atoms with van der Waals surface area (Å²) in [5.41, 5.74) is 8.08. The molecule has 0 fully saturated rings. The van der Waals surface area contributed by atoms with Crippen molar-refractivity contribution in [3.63, 3.8) is 0 Å². The van der Waals surface area contributed by atoms with Gasteiger partial charge in [-0.25, -0.2) is 9.48 Å². The third-order valence-corrected chi connectivity index (χ3v) is 2.65. The number of rotatable bonds is 2.